The van der Waals surface area contributed by atoms with Crippen molar-refractivity contribution in [1.82, 2.24) is 4.90 Å². The molecule has 0 N–H and O–H groups in total. The number of hydrogen-bond donors (Lipinski definition) is 0. The molecular formula is C17H17F2NO3S. The first kappa shape index (κ1) is 18.1. The average molecular weight is 353 g/mol. The normalized spacial score (nSPS) is 12.7. The second kappa shape index (κ2) is 6.68. The van der Waals surface area contributed by atoms with Crippen LogP contribution in [0.5, 0.6) is 0 Å². The molecule has 0 bridgehead atoms. The molecule has 0 aliphatic carbocycles. The first-order valence-corrected chi connectivity index (χ1v) is 9.02. The highest BCUT2D eigenvalue weighted by Gasteiger charge is 2.20. The highest BCUT2D eigenvalue weighted by atomic mass is 32.2. The molecule has 4 nitrogen and oxygen atoms in total. The number of amides is 1. The van der Waals surface area contributed by atoms with Crippen LogP contribution < -0.4 is 0 Å². The number of nitrogens with zero attached hydrogens (tertiary/aromatic N) is 1. The van der Waals surface area contributed by atoms with Gasteiger partial charge in [-0.3, -0.25) is 4.79 Å². The summed E-state index contributed by atoms with van der Waals surface area (Å²) >= 11 is 0. The highest BCUT2D eigenvalue weighted by Crippen LogP contribution is 2.23. The van der Waals surface area contributed by atoms with Crippen molar-refractivity contribution < 1.29 is 22.0 Å². The van der Waals surface area contributed by atoms with Crippen LogP contribution in [0.2, 0.25) is 0 Å². The van der Waals surface area contributed by atoms with Crippen LogP contribution >= 0.6 is 0 Å². The topological polar surface area (TPSA) is 54.5 Å². The summed E-state index contributed by atoms with van der Waals surface area (Å²) < 4.78 is 49.5. The number of hydrogen-bond acceptors (Lipinski definition) is 3. The van der Waals surface area contributed by atoms with E-state index < -0.39 is 33.4 Å². The maximum Gasteiger partial charge on any atom is 0.254 e. The van der Waals surface area contributed by atoms with Gasteiger partial charge in [-0.25, -0.2) is 17.2 Å². The van der Waals surface area contributed by atoms with Gasteiger partial charge in [0.2, 0.25) is 0 Å². The first-order valence-electron chi connectivity index (χ1n) is 7.13. The summed E-state index contributed by atoms with van der Waals surface area (Å²) in [6.45, 7) is 1.74. The second-order valence-corrected chi connectivity index (χ2v) is 7.61. The summed E-state index contributed by atoms with van der Waals surface area (Å²) in [6.07, 6.45) is 1.11. The second-order valence-electron chi connectivity index (χ2n) is 5.59. The van der Waals surface area contributed by atoms with Crippen molar-refractivity contribution >= 4 is 15.7 Å². The van der Waals surface area contributed by atoms with E-state index in [1.54, 1.807) is 19.1 Å². The van der Waals surface area contributed by atoms with Gasteiger partial charge in [0, 0.05) is 24.9 Å². The lowest BCUT2D eigenvalue weighted by molar-refractivity contribution is 0.0741. The van der Waals surface area contributed by atoms with Crippen LogP contribution in [0.4, 0.5) is 8.78 Å². The fourth-order valence-electron chi connectivity index (χ4n) is 2.27. The molecule has 0 spiro atoms. The summed E-state index contributed by atoms with van der Waals surface area (Å²) in [7, 11) is -1.78. The van der Waals surface area contributed by atoms with Crippen molar-refractivity contribution in [2.45, 2.75) is 17.9 Å². The Bertz CT molecular complexity index is 844. The van der Waals surface area contributed by atoms with Crippen LogP contribution in [0.1, 0.15) is 28.9 Å². The lowest BCUT2D eigenvalue weighted by atomic mass is 10.1. The van der Waals surface area contributed by atoms with Crippen molar-refractivity contribution in [2.24, 2.45) is 0 Å². The van der Waals surface area contributed by atoms with Crippen LogP contribution in [0, 0.1) is 11.6 Å². The van der Waals surface area contributed by atoms with Crippen molar-refractivity contribution in [3.05, 3.63) is 65.2 Å². The van der Waals surface area contributed by atoms with E-state index in [2.05, 4.69) is 0 Å². The minimum absolute atomic E-state index is 0.0883. The van der Waals surface area contributed by atoms with E-state index in [4.69, 9.17) is 0 Å². The molecule has 1 atom stereocenters. The molecule has 0 aliphatic heterocycles. The Morgan fingerprint density at radius 1 is 1.04 bits per heavy atom. The monoisotopic (exact) mass is 353 g/mol. The predicted octanol–water partition coefficient (Wildman–Crippen LogP) is 3.20. The molecule has 0 aliphatic rings. The van der Waals surface area contributed by atoms with Crippen molar-refractivity contribution in [3.63, 3.8) is 0 Å². The SMILES string of the molecule is CC(c1ccc(S(C)(=O)=O)cc1)N(C)C(=O)c1cc(F)cc(F)c1. The zero-order chi connectivity index (χ0) is 18.1. The van der Waals surface area contributed by atoms with Gasteiger partial charge >= 0.3 is 0 Å². The molecule has 1 amide bonds. The molecule has 1 unspecified atom stereocenters. The van der Waals surface area contributed by atoms with Gasteiger partial charge in [0.05, 0.1) is 10.9 Å². The molecule has 0 aromatic heterocycles. The third kappa shape index (κ3) is 3.97. The van der Waals surface area contributed by atoms with E-state index in [-0.39, 0.29) is 10.5 Å². The van der Waals surface area contributed by atoms with E-state index in [9.17, 15) is 22.0 Å². The number of carbonyl (C=O) groups excluding carboxylic acids is 1. The molecule has 24 heavy (non-hydrogen) atoms. The van der Waals surface area contributed by atoms with Gasteiger partial charge in [-0.1, -0.05) is 12.1 Å². The summed E-state index contributed by atoms with van der Waals surface area (Å²) in [5, 5.41) is 0. The minimum atomic E-state index is -3.30. The Balaban J connectivity index is 2.25. The number of sulfone groups is 1. The van der Waals surface area contributed by atoms with Crippen molar-refractivity contribution in [2.75, 3.05) is 13.3 Å². The van der Waals surface area contributed by atoms with E-state index >= 15 is 0 Å². The molecule has 0 heterocycles. The van der Waals surface area contributed by atoms with Gasteiger partial charge in [-0.15, -0.1) is 0 Å². The van der Waals surface area contributed by atoms with E-state index in [1.165, 1.54) is 24.1 Å². The zero-order valence-electron chi connectivity index (χ0n) is 13.5. The van der Waals surface area contributed by atoms with Crippen LogP contribution in [0.3, 0.4) is 0 Å². The van der Waals surface area contributed by atoms with Gasteiger partial charge in [-0.05, 0) is 36.8 Å². The standard InChI is InChI=1S/C17H17F2NO3S/c1-11(12-4-6-16(7-5-12)24(3,22)23)20(2)17(21)13-8-14(18)10-15(19)9-13/h4-11H,1-3H3. The molecule has 128 valence electrons. The molecule has 0 radical (unpaired) electrons. The number of carbonyl (C=O) groups is 1. The smallest absolute Gasteiger partial charge is 0.254 e. The van der Waals surface area contributed by atoms with Crippen LogP contribution in [-0.4, -0.2) is 32.5 Å². The van der Waals surface area contributed by atoms with Gasteiger partial charge in [0.1, 0.15) is 11.6 Å². The van der Waals surface area contributed by atoms with E-state index in [1.807, 2.05) is 0 Å². The summed E-state index contributed by atoms with van der Waals surface area (Å²) in [6, 6.07) is 8.38. The largest absolute Gasteiger partial charge is 0.335 e. The molecular weight excluding hydrogens is 336 g/mol. The lowest BCUT2D eigenvalue weighted by Gasteiger charge is -2.25. The van der Waals surface area contributed by atoms with E-state index in [0.29, 0.717) is 11.6 Å². The Morgan fingerprint density at radius 2 is 1.54 bits per heavy atom. The number of halogens is 2. The third-order valence-electron chi connectivity index (χ3n) is 3.80. The number of rotatable bonds is 4. The molecule has 7 heteroatoms. The maximum atomic E-state index is 13.3. The van der Waals surface area contributed by atoms with Gasteiger partial charge in [0.25, 0.3) is 5.91 Å². The lowest BCUT2D eigenvalue weighted by Crippen LogP contribution is -2.29. The van der Waals surface area contributed by atoms with E-state index in [0.717, 1.165) is 18.4 Å². The maximum absolute atomic E-state index is 13.3. The average Bonchev–Trinajstić information content (AvgIpc) is 2.51. The Morgan fingerprint density at radius 3 is 2.00 bits per heavy atom. The minimum Gasteiger partial charge on any atom is -0.335 e. The van der Waals surface area contributed by atoms with Crippen molar-refractivity contribution in [1.29, 1.82) is 0 Å². The van der Waals surface area contributed by atoms with Crippen LogP contribution in [0.15, 0.2) is 47.4 Å². The Kier molecular flexibility index (Phi) is 5.03. The number of benzene rings is 2. The molecule has 2 rings (SSSR count). The Hall–Kier alpha value is -2.28. The third-order valence-corrected chi connectivity index (χ3v) is 4.93. The summed E-state index contributed by atoms with van der Waals surface area (Å²) in [5.74, 6) is -2.18. The van der Waals surface area contributed by atoms with Gasteiger partial charge in [0.15, 0.2) is 9.84 Å². The Labute approximate surface area is 139 Å². The summed E-state index contributed by atoms with van der Waals surface area (Å²) in [4.78, 5) is 13.9. The molecule has 0 saturated heterocycles. The van der Waals surface area contributed by atoms with Gasteiger partial charge in [-0.2, -0.15) is 0 Å². The first-order chi connectivity index (χ1) is 11.1. The summed E-state index contributed by atoms with van der Waals surface area (Å²) in [5.41, 5.74) is 0.615. The predicted molar refractivity (Wildman–Crippen MR) is 86.4 cm³/mol. The fraction of sp³-hybridized carbons (Fsp3) is 0.235. The molecule has 2 aromatic carbocycles. The zero-order valence-corrected chi connectivity index (χ0v) is 14.3. The van der Waals surface area contributed by atoms with Crippen molar-refractivity contribution in [3.8, 4) is 0 Å². The molecule has 0 fully saturated rings. The quantitative estimate of drug-likeness (QED) is 0.848. The molecule has 0 saturated carbocycles. The fourth-order valence-corrected chi connectivity index (χ4v) is 2.90. The van der Waals surface area contributed by atoms with Crippen LogP contribution in [-0.2, 0) is 9.84 Å². The highest BCUT2D eigenvalue weighted by molar-refractivity contribution is 7.90. The van der Waals surface area contributed by atoms with Gasteiger partial charge < -0.3 is 4.90 Å². The van der Waals surface area contributed by atoms with Crippen LogP contribution in [0.25, 0.3) is 0 Å². The molecule has 2 aromatic rings.